The SMILES string of the molecule is CC.Sc1cccc2cc[n-]c12.[Re]. The molecule has 0 spiro atoms. The number of aromatic nitrogens is 1. The maximum Gasteiger partial charge on any atom is 0 e. The number of benzene rings is 1. The minimum absolute atomic E-state index is 0. The van der Waals surface area contributed by atoms with Gasteiger partial charge in [0.05, 0.1) is 0 Å². The molecule has 0 aliphatic rings. The average molecular weight is 364 g/mol. The number of nitrogens with zero attached hydrogens (tertiary/aromatic N) is 1. The Morgan fingerprint density at radius 3 is 2.46 bits per heavy atom. The molecule has 1 aromatic heterocycles. The largest absolute Gasteiger partial charge is 0.663 e. The Morgan fingerprint density at radius 2 is 1.85 bits per heavy atom. The zero-order valence-corrected chi connectivity index (χ0v) is 11.3. The van der Waals surface area contributed by atoms with E-state index in [-0.39, 0.29) is 20.4 Å². The van der Waals surface area contributed by atoms with Crippen LogP contribution in [0.3, 0.4) is 0 Å². The van der Waals surface area contributed by atoms with Crippen molar-refractivity contribution in [3.05, 3.63) is 30.5 Å². The molecule has 0 bridgehead atoms. The third-order valence-electron chi connectivity index (χ3n) is 1.50. The van der Waals surface area contributed by atoms with Gasteiger partial charge in [-0.15, -0.1) is 18.1 Å². The van der Waals surface area contributed by atoms with Crippen LogP contribution in [0.5, 0.6) is 0 Å². The fourth-order valence-corrected chi connectivity index (χ4v) is 1.29. The Labute approximate surface area is 98.0 Å². The van der Waals surface area contributed by atoms with E-state index in [4.69, 9.17) is 0 Å². The van der Waals surface area contributed by atoms with E-state index in [9.17, 15) is 0 Å². The molecule has 2 aromatic rings. The molecule has 1 aromatic carbocycles. The molecule has 1 radical (unpaired) electrons. The Bertz CT molecular complexity index is 356. The fraction of sp³-hybridized carbons (Fsp3) is 0.200. The van der Waals surface area contributed by atoms with Crippen molar-refractivity contribution in [3.63, 3.8) is 0 Å². The van der Waals surface area contributed by atoms with Gasteiger partial charge in [0.25, 0.3) is 0 Å². The molecule has 0 atom stereocenters. The Kier molecular flexibility index (Phi) is 6.15. The summed E-state index contributed by atoms with van der Waals surface area (Å²) < 4.78 is 0. The van der Waals surface area contributed by atoms with E-state index >= 15 is 0 Å². The molecule has 0 unspecified atom stereocenters. The van der Waals surface area contributed by atoms with E-state index in [1.54, 1.807) is 6.20 Å². The summed E-state index contributed by atoms with van der Waals surface area (Å²) in [6.45, 7) is 4.00. The summed E-state index contributed by atoms with van der Waals surface area (Å²) in [7, 11) is 0. The van der Waals surface area contributed by atoms with Crippen LogP contribution in [0.25, 0.3) is 10.9 Å². The molecular weight excluding hydrogens is 352 g/mol. The molecule has 13 heavy (non-hydrogen) atoms. The first-order valence-corrected chi connectivity index (χ1v) is 4.52. The van der Waals surface area contributed by atoms with Crippen molar-refractivity contribution >= 4 is 23.5 Å². The van der Waals surface area contributed by atoms with Crippen LogP contribution in [0.2, 0.25) is 0 Å². The van der Waals surface area contributed by atoms with E-state index in [1.807, 2.05) is 38.1 Å². The topological polar surface area (TPSA) is 14.1 Å². The minimum atomic E-state index is 0. The number of hydrogen-bond donors (Lipinski definition) is 1. The minimum Gasteiger partial charge on any atom is -0.663 e. The van der Waals surface area contributed by atoms with Crippen molar-refractivity contribution in [1.29, 1.82) is 0 Å². The van der Waals surface area contributed by atoms with Crippen molar-refractivity contribution in [1.82, 2.24) is 4.98 Å². The summed E-state index contributed by atoms with van der Waals surface area (Å²) in [5.41, 5.74) is 0.992. The molecular formula is C10H12NReS-. The van der Waals surface area contributed by atoms with Gasteiger partial charge in [-0.05, 0) is 10.3 Å². The smallest absolute Gasteiger partial charge is 0 e. The summed E-state index contributed by atoms with van der Waals surface area (Å²) in [5.74, 6) is 0. The zero-order chi connectivity index (χ0) is 8.97. The molecule has 0 saturated carbocycles. The van der Waals surface area contributed by atoms with Crippen molar-refractivity contribution in [2.45, 2.75) is 18.7 Å². The molecule has 0 aliphatic carbocycles. The predicted octanol–water partition coefficient (Wildman–Crippen LogP) is 3.11. The van der Waals surface area contributed by atoms with Gasteiger partial charge in [0, 0.05) is 20.4 Å². The molecule has 3 heteroatoms. The van der Waals surface area contributed by atoms with Crippen LogP contribution in [0, 0.1) is 0 Å². The van der Waals surface area contributed by atoms with Crippen molar-refractivity contribution in [3.8, 4) is 0 Å². The summed E-state index contributed by atoms with van der Waals surface area (Å²) in [6.07, 6.45) is 1.80. The van der Waals surface area contributed by atoms with Crippen LogP contribution in [0.15, 0.2) is 35.4 Å². The summed E-state index contributed by atoms with van der Waals surface area (Å²) in [5, 5.41) is 1.16. The Balaban J connectivity index is 0.000000451. The van der Waals surface area contributed by atoms with Gasteiger partial charge in [-0.3, -0.25) is 0 Å². The van der Waals surface area contributed by atoms with Gasteiger partial charge >= 0.3 is 0 Å². The molecule has 2 rings (SSSR count). The molecule has 71 valence electrons. The van der Waals surface area contributed by atoms with E-state index in [0.29, 0.717) is 0 Å². The van der Waals surface area contributed by atoms with Crippen LogP contribution in [0.4, 0.5) is 0 Å². The van der Waals surface area contributed by atoms with Gasteiger partial charge in [-0.25, -0.2) is 0 Å². The standard InChI is InChI=1S/C8H6NS.C2H6.Re/c10-7-3-1-2-6-4-5-9-8(6)7;1-2;/h1-5,10H;1-2H3;/q-1;;. The summed E-state index contributed by atoms with van der Waals surface area (Å²) >= 11 is 4.25. The first-order valence-electron chi connectivity index (χ1n) is 4.07. The van der Waals surface area contributed by atoms with Crippen molar-refractivity contribution < 1.29 is 20.4 Å². The number of para-hydroxylation sites is 1. The monoisotopic (exact) mass is 365 g/mol. The predicted molar refractivity (Wildman–Crippen MR) is 55.9 cm³/mol. The van der Waals surface area contributed by atoms with Crippen LogP contribution in [0.1, 0.15) is 13.8 Å². The fourth-order valence-electron chi connectivity index (χ4n) is 1.02. The average Bonchev–Trinajstić information content (AvgIpc) is 2.57. The van der Waals surface area contributed by atoms with E-state index in [2.05, 4.69) is 17.6 Å². The third-order valence-corrected chi connectivity index (χ3v) is 1.86. The third kappa shape index (κ3) is 2.88. The van der Waals surface area contributed by atoms with Crippen molar-refractivity contribution in [2.24, 2.45) is 0 Å². The first-order chi connectivity index (χ1) is 5.88. The Morgan fingerprint density at radius 1 is 1.15 bits per heavy atom. The maximum absolute atomic E-state index is 4.25. The molecule has 0 aliphatic heterocycles. The second kappa shape index (κ2) is 6.26. The van der Waals surface area contributed by atoms with Gasteiger partial charge in [0.2, 0.25) is 0 Å². The number of fused-ring (bicyclic) bond motifs is 1. The second-order valence-corrected chi connectivity index (χ2v) is 2.64. The van der Waals surface area contributed by atoms with Crippen molar-refractivity contribution in [2.75, 3.05) is 0 Å². The summed E-state index contributed by atoms with van der Waals surface area (Å²) in [6, 6.07) is 7.93. The van der Waals surface area contributed by atoms with Crippen LogP contribution >= 0.6 is 12.6 Å². The Hall–Kier alpha value is -0.228. The van der Waals surface area contributed by atoms with Crippen LogP contribution in [-0.2, 0) is 20.4 Å². The number of hydrogen-bond acceptors (Lipinski definition) is 1. The van der Waals surface area contributed by atoms with E-state index in [0.717, 1.165) is 15.8 Å². The van der Waals surface area contributed by atoms with Gasteiger partial charge in [-0.2, -0.15) is 6.20 Å². The number of thiol groups is 1. The molecule has 1 nitrogen and oxygen atoms in total. The normalized spacial score (nSPS) is 8.54. The number of rotatable bonds is 0. The van der Waals surface area contributed by atoms with E-state index in [1.165, 1.54) is 0 Å². The molecule has 0 N–H and O–H groups in total. The maximum atomic E-state index is 4.25. The molecule has 0 fully saturated rings. The molecule has 1 heterocycles. The van der Waals surface area contributed by atoms with Gasteiger partial charge in [0.1, 0.15) is 0 Å². The quantitative estimate of drug-likeness (QED) is 0.710. The van der Waals surface area contributed by atoms with Crippen LogP contribution < -0.4 is 4.98 Å². The van der Waals surface area contributed by atoms with Gasteiger partial charge in [-0.1, -0.05) is 38.1 Å². The second-order valence-electron chi connectivity index (χ2n) is 2.16. The molecule has 0 amide bonds. The summed E-state index contributed by atoms with van der Waals surface area (Å²) in [4.78, 5) is 5.09. The van der Waals surface area contributed by atoms with E-state index < -0.39 is 0 Å². The molecule has 0 saturated heterocycles. The van der Waals surface area contributed by atoms with Crippen LogP contribution in [-0.4, -0.2) is 0 Å². The first kappa shape index (κ1) is 12.8. The zero-order valence-electron chi connectivity index (χ0n) is 7.66. The van der Waals surface area contributed by atoms with Gasteiger partial charge in [0.15, 0.2) is 0 Å². The van der Waals surface area contributed by atoms with Gasteiger partial charge < -0.3 is 4.98 Å².